The fourth-order valence-corrected chi connectivity index (χ4v) is 3.19. The van der Waals surface area contributed by atoms with Crippen molar-refractivity contribution in [3.8, 4) is 0 Å². The van der Waals surface area contributed by atoms with Gasteiger partial charge in [-0.3, -0.25) is 0 Å². The lowest BCUT2D eigenvalue weighted by Gasteiger charge is -2.27. The number of rotatable bonds is 0. The smallest absolute Gasteiger partial charge is 0.105 e. The van der Waals surface area contributed by atoms with Crippen molar-refractivity contribution in [2.24, 2.45) is 0 Å². The summed E-state index contributed by atoms with van der Waals surface area (Å²) in [5, 5.41) is 0. The average molecular weight is 208 g/mol. The summed E-state index contributed by atoms with van der Waals surface area (Å²) < 4.78 is 1.11. The van der Waals surface area contributed by atoms with E-state index in [-0.39, 0.29) is 0 Å². The van der Waals surface area contributed by atoms with Crippen molar-refractivity contribution < 1.29 is 4.48 Å². The van der Waals surface area contributed by atoms with Gasteiger partial charge in [0.15, 0.2) is 0 Å². The van der Waals surface area contributed by atoms with Crippen molar-refractivity contribution in [1.29, 1.82) is 0 Å². The molecular formula is C12H18NS+. The van der Waals surface area contributed by atoms with Gasteiger partial charge in [0, 0.05) is 16.2 Å². The van der Waals surface area contributed by atoms with Crippen LogP contribution in [0.25, 0.3) is 0 Å². The molecule has 0 amide bonds. The molecule has 2 rings (SSSR count). The Morgan fingerprint density at radius 1 is 1.29 bits per heavy atom. The minimum Gasteiger partial charge on any atom is -0.324 e. The van der Waals surface area contributed by atoms with E-state index < -0.39 is 0 Å². The fraction of sp³-hybridized carbons (Fsp3) is 0.500. The molecule has 1 aromatic carbocycles. The van der Waals surface area contributed by atoms with E-state index in [1.807, 2.05) is 11.8 Å². The molecule has 1 heterocycles. The predicted molar refractivity (Wildman–Crippen MR) is 62.6 cm³/mol. The van der Waals surface area contributed by atoms with Gasteiger partial charge < -0.3 is 4.48 Å². The molecule has 0 N–H and O–H groups in total. The standard InChI is InChI=1S/C12H18NS/c1-10-4-5-12-11(8-10)9-13(2,3)6-7-14-12/h4-5,8H,6-7,9H2,1-3H3/q+1. The maximum atomic E-state index is 2.34. The van der Waals surface area contributed by atoms with Crippen molar-refractivity contribution >= 4 is 11.8 Å². The van der Waals surface area contributed by atoms with E-state index in [9.17, 15) is 0 Å². The highest BCUT2D eigenvalue weighted by atomic mass is 32.2. The van der Waals surface area contributed by atoms with Crippen molar-refractivity contribution in [1.82, 2.24) is 0 Å². The van der Waals surface area contributed by atoms with Crippen LogP contribution in [0.5, 0.6) is 0 Å². The van der Waals surface area contributed by atoms with Gasteiger partial charge >= 0.3 is 0 Å². The van der Waals surface area contributed by atoms with Gasteiger partial charge in [-0.05, 0) is 19.1 Å². The summed E-state index contributed by atoms with van der Waals surface area (Å²) in [6.45, 7) is 4.61. The largest absolute Gasteiger partial charge is 0.324 e. The van der Waals surface area contributed by atoms with E-state index >= 15 is 0 Å². The number of nitrogens with zero attached hydrogens (tertiary/aromatic N) is 1. The Morgan fingerprint density at radius 2 is 2.07 bits per heavy atom. The molecule has 0 fully saturated rings. The Kier molecular flexibility index (Phi) is 2.58. The van der Waals surface area contributed by atoms with Crippen molar-refractivity contribution in [2.45, 2.75) is 18.4 Å². The molecule has 14 heavy (non-hydrogen) atoms. The molecule has 1 aromatic rings. The quantitative estimate of drug-likeness (QED) is 0.591. The molecule has 0 saturated carbocycles. The number of quaternary nitrogens is 1. The maximum Gasteiger partial charge on any atom is 0.105 e. The van der Waals surface area contributed by atoms with Crippen LogP contribution in [0.2, 0.25) is 0 Å². The minimum atomic E-state index is 1.11. The van der Waals surface area contributed by atoms with Gasteiger partial charge in [0.25, 0.3) is 0 Å². The van der Waals surface area contributed by atoms with Crippen LogP contribution >= 0.6 is 11.8 Å². The summed E-state index contributed by atoms with van der Waals surface area (Å²) in [6, 6.07) is 6.84. The second kappa shape index (κ2) is 3.59. The van der Waals surface area contributed by atoms with E-state index in [4.69, 9.17) is 0 Å². The van der Waals surface area contributed by atoms with Gasteiger partial charge in [-0.2, -0.15) is 0 Å². The summed E-state index contributed by atoms with van der Waals surface area (Å²) in [5.41, 5.74) is 2.91. The Balaban J connectivity index is 2.38. The van der Waals surface area contributed by atoms with E-state index in [0.29, 0.717) is 0 Å². The molecule has 0 atom stereocenters. The molecule has 1 aliphatic rings. The molecule has 0 bridgehead atoms. The number of aryl methyl sites for hydroxylation is 1. The third-order valence-electron chi connectivity index (χ3n) is 2.77. The zero-order chi connectivity index (χ0) is 10.2. The van der Waals surface area contributed by atoms with Crippen LogP contribution in [0.4, 0.5) is 0 Å². The molecule has 1 nitrogen and oxygen atoms in total. The maximum absolute atomic E-state index is 2.34. The van der Waals surface area contributed by atoms with E-state index in [0.717, 1.165) is 4.48 Å². The monoisotopic (exact) mass is 208 g/mol. The molecule has 1 aliphatic heterocycles. The SMILES string of the molecule is Cc1ccc2c(c1)C[N+](C)(C)CCS2. The van der Waals surface area contributed by atoms with Gasteiger partial charge in [0.2, 0.25) is 0 Å². The molecule has 76 valence electrons. The topological polar surface area (TPSA) is 0 Å². The van der Waals surface area contributed by atoms with Crippen LogP contribution in [0, 0.1) is 6.92 Å². The first-order valence-electron chi connectivity index (χ1n) is 5.11. The molecule has 0 saturated heterocycles. The van der Waals surface area contributed by atoms with Gasteiger partial charge in [0.1, 0.15) is 6.54 Å². The first-order chi connectivity index (χ1) is 6.57. The average Bonchev–Trinajstić information content (AvgIpc) is 2.21. The zero-order valence-electron chi connectivity index (χ0n) is 9.21. The van der Waals surface area contributed by atoms with Gasteiger partial charge in [-0.25, -0.2) is 0 Å². The Labute approximate surface area is 90.7 Å². The van der Waals surface area contributed by atoms with E-state index in [1.165, 1.54) is 34.9 Å². The van der Waals surface area contributed by atoms with Crippen LogP contribution in [0.3, 0.4) is 0 Å². The first kappa shape index (κ1) is 10.1. The molecule has 0 aromatic heterocycles. The van der Waals surface area contributed by atoms with Gasteiger partial charge in [0.05, 0.1) is 20.6 Å². The Morgan fingerprint density at radius 3 is 2.86 bits per heavy atom. The summed E-state index contributed by atoms with van der Waals surface area (Å²) >= 11 is 2.00. The fourth-order valence-electron chi connectivity index (χ4n) is 1.92. The highest BCUT2D eigenvalue weighted by Crippen LogP contribution is 2.29. The van der Waals surface area contributed by atoms with Gasteiger partial charge in [-0.15, -0.1) is 11.8 Å². The second-order valence-electron chi connectivity index (χ2n) is 4.78. The summed E-state index contributed by atoms with van der Waals surface area (Å²) in [4.78, 5) is 1.49. The third kappa shape index (κ3) is 2.12. The molecule has 0 aliphatic carbocycles. The molecular weight excluding hydrogens is 190 g/mol. The van der Waals surface area contributed by atoms with Crippen LogP contribution in [-0.4, -0.2) is 30.9 Å². The highest BCUT2D eigenvalue weighted by Gasteiger charge is 2.21. The lowest BCUT2D eigenvalue weighted by Crippen LogP contribution is -2.39. The number of fused-ring (bicyclic) bond motifs is 1. The van der Waals surface area contributed by atoms with E-state index in [2.05, 4.69) is 39.2 Å². The third-order valence-corrected chi connectivity index (χ3v) is 3.86. The minimum absolute atomic E-state index is 1.11. The van der Waals surface area contributed by atoms with Crippen LogP contribution < -0.4 is 0 Å². The number of hydrogen-bond donors (Lipinski definition) is 0. The normalized spacial score (nSPS) is 19.9. The number of hydrogen-bond acceptors (Lipinski definition) is 1. The molecule has 0 spiro atoms. The second-order valence-corrected chi connectivity index (χ2v) is 5.91. The number of thioether (sulfide) groups is 1. The van der Waals surface area contributed by atoms with Crippen molar-refractivity contribution in [3.63, 3.8) is 0 Å². The lowest BCUT2D eigenvalue weighted by molar-refractivity contribution is -0.901. The summed E-state index contributed by atoms with van der Waals surface area (Å²) in [5.74, 6) is 1.24. The molecule has 0 radical (unpaired) electrons. The predicted octanol–water partition coefficient (Wildman–Crippen LogP) is 2.68. The van der Waals surface area contributed by atoms with Crippen LogP contribution in [0.15, 0.2) is 23.1 Å². The number of benzene rings is 1. The van der Waals surface area contributed by atoms with Crippen LogP contribution in [-0.2, 0) is 6.54 Å². The molecule has 2 heteroatoms. The van der Waals surface area contributed by atoms with Crippen molar-refractivity contribution in [3.05, 3.63) is 29.3 Å². The lowest BCUT2D eigenvalue weighted by atomic mass is 10.1. The zero-order valence-corrected chi connectivity index (χ0v) is 10.0. The first-order valence-corrected chi connectivity index (χ1v) is 6.10. The Hall–Kier alpha value is -0.470. The Bertz CT molecular complexity index is 344. The van der Waals surface area contributed by atoms with Crippen LogP contribution in [0.1, 0.15) is 11.1 Å². The van der Waals surface area contributed by atoms with Gasteiger partial charge in [-0.1, -0.05) is 11.6 Å². The molecule has 0 unspecified atom stereocenters. The van der Waals surface area contributed by atoms with Crippen molar-refractivity contribution in [2.75, 3.05) is 26.4 Å². The highest BCUT2D eigenvalue weighted by molar-refractivity contribution is 7.99. The summed E-state index contributed by atoms with van der Waals surface area (Å²) in [7, 11) is 4.63. The summed E-state index contributed by atoms with van der Waals surface area (Å²) in [6.07, 6.45) is 0. The van der Waals surface area contributed by atoms with E-state index in [1.54, 1.807) is 0 Å².